The number of nitrogens with one attached hydrogen (secondary N) is 1. The van der Waals surface area contributed by atoms with Crippen LogP contribution in [0.15, 0.2) is 58.5 Å². The van der Waals surface area contributed by atoms with Crippen LogP contribution >= 0.6 is 0 Å². The maximum atomic E-state index is 12.9. The number of oxime groups is 1. The number of carbonyl (C=O) groups excluding carboxylic acids is 1. The fraction of sp³-hybridized carbons (Fsp3) is 0.261. The molecule has 0 bridgehead atoms. The Hall–Kier alpha value is -4.01. The van der Waals surface area contributed by atoms with Gasteiger partial charge in [0.2, 0.25) is 11.7 Å². The van der Waals surface area contributed by atoms with Crippen LogP contribution in [0.2, 0.25) is 0 Å². The summed E-state index contributed by atoms with van der Waals surface area (Å²) in [6, 6.07) is 11.3. The Labute approximate surface area is 184 Å². The first-order valence-electron chi connectivity index (χ1n) is 10.5. The Morgan fingerprint density at radius 2 is 2.19 bits per heavy atom. The molecule has 3 aromatic heterocycles. The van der Waals surface area contributed by atoms with Crippen LogP contribution < -0.4 is 5.32 Å². The number of imidazole rings is 1. The number of rotatable bonds is 6. The molecule has 162 valence electrons. The molecule has 1 aliphatic rings. The number of fused-ring (bicyclic) bond motifs is 1. The highest BCUT2D eigenvalue weighted by Crippen LogP contribution is 2.35. The summed E-state index contributed by atoms with van der Waals surface area (Å²) in [6.45, 7) is 4.39. The van der Waals surface area contributed by atoms with Crippen molar-refractivity contribution in [1.29, 1.82) is 0 Å². The zero-order chi connectivity index (χ0) is 22.1. The van der Waals surface area contributed by atoms with E-state index in [0.717, 1.165) is 29.7 Å². The summed E-state index contributed by atoms with van der Waals surface area (Å²) < 4.78 is 7.23. The van der Waals surface area contributed by atoms with Gasteiger partial charge in [-0.1, -0.05) is 28.5 Å². The summed E-state index contributed by atoms with van der Waals surface area (Å²) in [5.74, 6) is 0.997. The number of carbonyl (C=O) groups is 1. The van der Waals surface area contributed by atoms with Crippen molar-refractivity contribution >= 4 is 23.0 Å². The van der Waals surface area contributed by atoms with Gasteiger partial charge in [0.25, 0.3) is 5.91 Å². The minimum absolute atomic E-state index is 0.162. The summed E-state index contributed by atoms with van der Waals surface area (Å²) in [7, 11) is 0. The first-order valence-corrected chi connectivity index (χ1v) is 10.5. The number of pyridine rings is 1. The first kappa shape index (κ1) is 19.9. The molecule has 1 aliphatic carbocycles. The van der Waals surface area contributed by atoms with Crippen molar-refractivity contribution in [2.75, 3.05) is 11.9 Å². The van der Waals surface area contributed by atoms with E-state index >= 15 is 0 Å². The van der Waals surface area contributed by atoms with Crippen molar-refractivity contribution in [2.45, 2.75) is 32.6 Å². The lowest BCUT2D eigenvalue weighted by atomic mass is 9.83. The highest BCUT2D eigenvalue weighted by Gasteiger charge is 2.32. The summed E-state index contributed by atoms with van der Waals surface area (Å²) in [5, 5.41) is 11.2. The molecule has 1 aromatic carbocycles. The Balaban J connectivity index is 1.33. The largest absolute Gasteiger partial charge is 0.396 e. The van der Waals surface area contributed by atoms with Crippen molar-refractivity contribution in [3.05, 3.63) is 65.9 Å². The lowest BCUT2D eigenvalue weighted by molar-refractivity contribution is 0.102. The summed E-state index contributed by atoms with van der Waals surface area (Å²) in [5.41, 5.74) is 4.55. The van der Waals surface area contributed by atoms with Gasteiger partial charge in [-0.05, 0) is 37.6 Å². The van der Waals surface area contributed by atoms with Crippen LogP contribution in [0, 0.1) is 6.92 Å². The monoisotopic (exact) mass is 430 g/mol. The van der Waals surface area contributed by atoms with Crippen LogP contribution in [0.1, 0.15) is 47.6 Å². The number of hydrogen-bond acceptors (Lipinski definition) is 7. The lowest BCUT2D eigenvalue weighted by Gasteiger charge is -2.23. The molecule has 9 nitrogen and oxygen atoms in total. The Bertz CT molecular complexity index is 1310. The van der Waals surface area contributed by atoms with Gasteiger partial charge in [-0.15, -0.1) is 0 Å². The Morgan fingerprint density at radius 1 is 1.31 bits per heavy atom. The van der Waals surface area contributed by atoms with Crippen molar-refractivity contribution in [3.63, 3.8) is 0 Å². The summed E-state index contributed by atoms with van der Waals surface area (Å²) in [6.07, 6.45) is 4.90. The van der Waals surface area contributed by atoms with Crippen molar-refractivity contribution in [1.82, 2.24) is 19.5 Å². The topological polar surface area (TPSA) is 107 Å². The van der Waals surface area contributed by atoms with Gasteiger partial charge in [0.05, 0.1) is 11.9 Å². The van der Waals surface area contributed by atoms with Gasteiger partial charge in [0.15, 0.2) is 0 Å². The lowest BCUT2D eigenvalue weighted by Crippen LogP contribution is -2.22. The molecular weight excluding hydrogens is 408 g/mol. The van der Waals surface area contributed by atoms with Crippen molar-refractivity contribution in [2.24, 2.45) is 5.16 Å². The highest BCUT2D eigenvalue weighted by atomic mass is 16.6. The quantitative estimate of drug-likeness (QED) is 0.459. The van der Waals surface area contributed by atoms with Crippen LogP contribution in [0.25, 0.3) is 17.0 Å². The van der Waals surface area contributed by atoms with Gasteiger partial charge in [-0.25, -0.2) is 4.98 Å². The number of anilines is 1. The predicted octanol–water partition coefficient (Wildman–Crippen LogP) is 4.21. The number of nitrogens with zero attached hydrogens (tertiary/aromatic N) is 5. The van der Waals surface area contributed by atoms with Crippen LogP contribution in [-0.4, -0.2) is 37.8 Å². The number of hydrogen-bond donors (Lipinski definition) is 1. The van der Waals surface area contributed by atoms with Gasteiger partial charge in [0, 0.05) is 36.2 Å². The molecule has 3 heterocycles. The maximum Gasteiger partial charge on any atom is 0.274 e. The van der Waals surface area contributed by atoms with E-state index in [2.05, 4.69) is 25.6 Å². The van der Waals surface area contributed by atoms with Crippen molar-refractivity contribution in [3.8, 4) is 11.4 Å². The van der Waals surface area contributed by atoms with Crippen LogP contribution in [-0.2, 0) is 4.84 Å². The number of benzene rings is 1. The number of aryl methyl sites for hydroxylation is 1. The van der Waals surface area contributed by atoms with Gasteiger partial charge < -0.3 is 14.7 Å². The summed E-state index contributed by atoms with van der Waals surface area (Å²) in [4.78, 5) is 26.8. The molecule has 32 heavy (non-hydrogen) atoms. The van der Waals surface area contributed by atoms with Crippen LogP contribution in [0.3, 0.4) is 0 Å². The van der Waals surface area contributed by atoms with E-state index < -0.39 is 0 Å². The normalized spacial score (nSPS) is 15.4. The van der Waals surface area contributed by atoms with Gasteiger partial charge in [-0.2, -0.15) is 4.98 Å². The third-order valence-electron chi connectivity index (χ3n) is 5.47. The van der Waals surface area contributed by atoms with Gasteiger partial charge >= 0.3 is 0 Å². The molecule has 0 unspecified atom stereocenters. The van der Waals surface area contributed by atoms with Gasteiger partial charge in [-0.3, -0.25) is 9.20 Å². The number of aromatic nitrogens is 4. The minimum Gasteiger partial charge on any atom is -0.396 e. The minimum atomic E-state index is -0.242. The Morgan fingerprint density at radius 3 is 3.03 bits per heavy atom. The molecule has 9 heteroatoms. The van der Waals surface area contributed by atoms with E-state index in [4.69, 9.17) is 9.36 Å². The first-order chi connectivity index (χ1) is 15.6. The third kappa shape index (κ3) is 3.73. The molecule has 0 atom stereocenters. The van der Waals surface area contributed by atoms with E-state index in [9.17, 15) is 4.79 Å². The third-order valence-corrected chi connectivity index (χ3v) is 5.47. The fourth-order valence-corrected chi connectivity index (χ4v) is 3.61. The molecule has 0 radical (unpaired) electrons. The predicted molar refractivity (Wildman–Crippen MR) is 119 cm³/mol. The van der Waals surface area contributed by atoms with E-state index in [-0.39, 0.29) is 11.8 Å². The molecule has 0 aliphatic heterocycles. The molecule has 5 rings (SSSR count). The molecule has 1 fully saturated rings. The number of amides is 1. The zero-order valence-electron chi connectivity index (χ0n) is 17.8. The maximum absolute atomic E-state index is 12.9. The molecule has 1 amide bonds. The molecule has 0 spiro atoms. The standard InChI is InChI=1S/C23H22N6O3/c1-3-31-27-17-10-16(11-17)23-26-21(28-32-23)15-8-7-14(2)18(12-15)25-22(30)19-13-24-20-6-4-5-9-29(19)20/h4-9,12-13,16H,3,10-11H2,1-2H3,(H,25,30). The van der Waals surface area contributed by atoms with E-state index in [1.807, 2.05) is 56.4 Å². The highest BCUT2D eigenvalue weighted by molar-refractivity contribution is 6.04. The van der Waals surface area contributed by atoms with Gasteiger partial charge in [0.1, 0.15) is 17.9 Å². The Kier molecular flexibility index (Phi) is 5.14. The van der Waals surface area contributed by atoms with Crippen LogP contribution in [0.4, 0.5) is 5.69 Å². The second-order valence-electron chi connectivity index (χ2n) is 7.69. The van der Waals surface area contributed by atoms with E-state index in [0.29, 0.717) is 35.4 Å². The SMILES string of the molecule is CCON=C1CC(c2nc(-c3ccc(C)c(NC(=O)c4cnc5ccccn45)c3)no2)C1. The zero-order valence-corrected chi connectivity index (χ0v) is 17.8. The second kappa shape index (κ2) is 8.26. The van der Waals surface area contributed by atoms with E-state index in [1.54, 1.807) is 10.6 Å². The second-order valence-corrected chi connectivity index (χ2v) is 7.69. The van der Waals surface area contributed by atoms with Crippen LogP contribution in [0.5, 0.6) is 0 Å². The molecular formula is C23H22N6O3. The van der Waals surface area contributed by atoms with Crippen molar-refractivity contribution < 1.29 is 14.2 Å². The molecule has 0 saturated heterocycles. The average molecular weight is 430 g/mol. The summed E-state index contributed by atoms with van der Waals surface area (Å²) >= 11 is 0. The van der Waals surface area contributed by atoms with E-state index in [1.165, 1.54) is 0 Å². The smallest absolute Gasteiger partial charge is 0.274 e. The average Bonchev–Trinajstić information content (AvgIpc) is 3.42. The fourth-order valence-electron chi connectivity index (χ4n) is 3.61. The molecule has 1 N–H and O–H groups in total. The molecule has 4 aromatic rings. The molecule has 1 saturated carbocycles.